The van der Waals surface area contributed by atoms with E-state index in [1.54, 1.807) is 6.07 Å². The summed E-state index contributed by atoms with van der Waals surface area (Å²) >= 11 is 1.42. The topological polar surface area (TPSA) is 68.5 Å². The summed E-state index contributed by atoms with van der Waals surface area (Å²) in [6, 6.07) is 11.5. The van der Waals surface area contributed by atoms with Crippen LogP contribution in [0.15, 0.2) is 45.6 Å². The van der Waals surface area contributed by atoms with Gasteiger partial charge >= 0.3 is 11.6 Å². The molecule has 0 aliphatic heterocycles. The lowest BCUT2D eigenvalue weighted by molar-refractivity contribution is 0.0596. The highest BCUT2D eigenvalue weighted by atomic mass is 32.1. The van der Waals surface area contributed by atoms with Gasteiger partial charge in [0.2, 0.25) is 0 Å². The second-order valence-corrected chi connectivity index (χ2v) is 6.20. The van der Waals surface area contributed by atoms with E-state index in [2.05, 4.69) is 16.1 Å². The van der Waals surface area contributed by atoms with Crippen LogP contribution >= 0.6 is 11.3 Å². The van der Waals surface area contributed by atoms with Crippen molar-refractivity contribution in [2.24, 2.45) is 0 Å². The van der Waals surface area contributed by atoms with E-state index in [0.29, 0.717) is 12.1 Å². The molecule has 0 amide bonds. The standard InChI is InChI=1S/C17H15NO4S/c1-10-4-3-5-11(6-10)9-18-15-8-13-14(23-15)7-12(16(19)21-2)17(20)22-13/h3-8,18H,9H2,1-2H3. The van der Waals surface area contributed by atoms with Crippen LogP contribution in [0.2, 0.25) is 0 Å². The van der Waals surface area contributed by atoms with Gasteiger partial charge in [-0.25, -0.2) is 9.59 Å². The van der Waals surface area contributed by atoms with Crippen LogP contribution in [-0.4, -0.2) is 13.1 Å². The molecule has 6 heteroatoms. The zero-order valence-electron chi connectivity index (χ0n) is 12.7. The molecule has 3 rings (SSSR count). The van der Waals surface area contributed by atoms with Gasteiger partial charge in [0.25, 0.3) is 0 Å². The number of carbonyl (C=O) groups is 1. The number of hydrogen-bond donors (Lipinski definition) is 1. The summed E-state index contributed by atoms with van der Waals surface area (Å²) in [5.74, 6) is -0.691. The number of nitrogens with one attached hydrogen (secondary N) is 1. The fourth-order valence-electron chi connectivity index (χ4n) is 2.26. The highest BCUT2D eigenvalue weighted by Gasteiger charge is 2.15. The summed E-state index contributed by atoms with van der Waals surface area (Å²) < 4.78 is 10.5. The molecule has 0 aliphatic carbocycles. The molecule has 0 saturated carbocycles. The fraction of sp³-hybridized carbons (Fsp3) is 0.176. The molecule has 118 valence electrons. The summed E-state index contributed by atoms with van der Waals surface area (Å²) in [6.07, 6.45) is 0. The zero-order valence-corrected chi connectivity index (χ0v) is 13.5. The van der Waals surface area contributed by atoms with Gasteiger partial charge in [0.15, 0.2) is 5.58 Å². The van der Waals surface area contributed by atoms with Crippen molar-refractivity contribution >= 4 is 32.6 Å². The SMILES string of the molecule is COC(=O)c1cc2sc(NCc3cccc(C)c3)cc2oc1=O. The number of esters is 1. The van der Waals surface area contributed by atoms with Crippen LogP contribution in [0.25, 0.3) is 10.3 Å². The van der Waals surface area contributed by atoms with E-state index in [1.165, 1.54) is 35.6 Å². The van der Waals surface area contributed by atoms with E-state index in [1.807, 2.05) is 25.1 Å². The van der Waals surface area contributed by atoms with E-state index in [9.17, 15) is 9.59 Å². The molecular formula is C17H15NO4S. The number of hydrogen-bond acceptors (Lipinski definition) is 6. The molecule has 0 spiro atoms. The molecule has 23 heavy (non-hydrogen) atoms. The lowest BCUT2D eigenvalue weighted by Crippen LogP contribution is -2.14. The molecule has 0 unspecified atom stereocenters. The fourth-order valence-corrected chi connectivity index (χ4v) is 3.19. The number of aryl methyl sites for hydroxylation is 1. The van der Waals surface area contributed by atoms with Crippen molar-refractivity contribution in [2.45, 2.75) is 13.5 Å². The smallest absolute Gasteiger partial charge is 0.351 e. The van der Waals surface area contributed by atoms with E-state index in [0.717, 1.165) is 9.70 Å². The Morgan fingerprint density at radius 1 is 1.30 bits per heavy atom. The van der Waals surface area contributed by atoms with Gasteiger partial charge in [0.05, 0.1) is 16.8 Å². The van der Waals surface area contributed by atoms with Gasteiger partial charge in [-0.2, -0.15) is 0 Å². The number of methoxy groups -OCH3 is 1. The third-order valence-corrected chi connectivity index (χ3v) is 4.40. The summed E-state index contributed by atoms with van der Waals surface area (Å²) in [5, 5.41) is 4.17. The minimum Gasteiger partial charge on any atom is -0.465 e. The predicted octanol–water partition coefficient (Wildman–Crippen LogP) is 3.56. The third-order valence-electron chi connectivity index (χ3n) is 3.38. The molecular weight excluding hydrogens is 314 g/mol. The summed E-state index contributed by atoms with van der Waals surface area (Å²) in [6.45, 7) is 2.72. The van der Waals surface area contributed by atoms with Crippen molar-refractivity contribution in [3.05, 3.63) is 63.5 Å². The minimum absolute atomic E-state index is 0.0907. The Balaban J connectivity index is 1.85. The maximum Gasteiger partial charge on any atom is 0.351 e. The van der Waals surface area contributed by atoms with Crippen LogP contribution in [0.1, 0.15) is 21.5 Å². The maximum absolute atomic E-state index is 11.8. The summed E-state index contributed by atoms with van der Waals surface area (Å²) in [4.78, 5) is 23.3. The quantitative estimate of drug-likeness (QED) is 0.741. The predicted molar refractivity (Wildman–Crippen MR) is 90.2 cm³/mol. The normalized spacial score (nSPS) is 10.7. The van der Waals surface area contributed by atoms with E-state index in [4.69, 9.17) is 4.42 Å². The van der Waals surface area contributed by atoms with Gasteiger partial charge < -0.3 is 14.5 Å². The Labute approximate surface area is 136 Å². The van der Waals surface area contributed by atoms with Gasteiger partial charge in [-0.15, -0.1) is 11.3 Å². The minimum atomic E-state index is -0.691. The zero-order chi connectivity index (χ0) is 16.4. The van der Waals surface area contributed by atoms with Gasteiger partial charge in [-0.05, 0) is 18.6 Å². The van der Waals surface area contributed by atoms with Crippen molar-refractivity contribution in [3.8, 4) is 0 Å². The number of benzene rings is 1. The van der Waals surface area contributed by atoms with E-state index in [-0.39, 0.29) is 5.56 Å². The number of carbonyl (C=O) groups excluding carboxylic acids is 1. The first-order valence-corrected chi connectivity index (χ1v) is 7.84. The Bertz CT molecular complexity index is 926. The molecule has 2 heterocycles. The van der Waals surface area contributed by atoms with Crippen molar-refractivity contribution in [3.63, 3.8) is 0 Å². The van der Waals surface area contributed by atoms with E-state index < -0.39 is 11.6 Å². The molecule has 0 atom stereocenters. The molecule has 1 N–H and O–H groups in total. The monoisotopic (exact) mass is 329 g/mol. The van der Waals surface area contributed by atoms with Crippen LogP contribution in [0.5, 0.6) is 0 Å². The summed E-state index contributed by atoms with van der Waals surface area (Å²) in [5.41, 5.74) is 2.05. The molecule has 1 aromatic carbocycles. The number of rotatable bonds is 4. The molecule has 3 aromatic rings. The van der Waals surface area contributed by atoms with Gasteiger partial charge in [-0.1, -0.05) is 29.8 Å². The van der Waals surface area contributed by atoms with Gasteiger partial charge in [0, 0.05) is 12.6 Å². The van der Waals surface area contributed by atoms with E-state index >= 15 is 0 Å². The van der Waals surface area contributed by atoms with Crippen molar-refractivity contribution in [1.29, 1.82) is 0 Å². The van der Waals surface area contributed by atoms with Crippen LogP contribution in [-0.2, 0) is 11.3 Å². The van der Waals surface area contributed by atoms with Gasteiger partial charge in [0.1, 0.15) is 5.56 Å². The third kappa shape index (κ3) is 3.27. The Morgan fingerprint density at radius 2 is 2.13 bits per heavy atom. The number of ether oxygens (including phenoxy) is 1. The van der Waals surface area contributed by atoms with Crippen molar-refractivity contribution in [1.82, 2.24) is 0 Å². The molecule has 0 aliphatic rings. The molecule has 0 saturated heterocycles. The highest BCUT2D eigenvalue weighted by molar-refractivity contribution is 7.22. The lowest BCUT2D eigenvalue weighted by atomic mass is 10.1. The largest absolute Gasteiger partial charge is 0.465 e. The molecule has 2 aromatic heterocycles. The van der Waals surface area contributed by atoms with Crippen LogP contribution in [0.4, 0.5) is 5.00 Å². The number of thiophene rings is 1. The summed E-state index contributed by atoms with van der Waals surface area (Å²) in [7, 11) is 1.23. The van der Waals surface area contributed by atoms with Gasteiger partial charge in [-0.3, -0.25) is 0 Å². The maximum atomic E-state index is 11.8. The lowest BCUT2D eigenvalue weighted by Gasteiger charge is -2.04. The highest BCUT2D eigenvalue weighted by Crippen LogP contribution is 2.29. The van der Waals surface area contributed by atoms with Crippen molar-refractivity contribution in [2.75, 3.05) is 12.4 Å². The average molecular weight is 329 g/mol. The molecule has 5 nitrogen and oxygen atoms in total. The first kappa shape index (κ1) is 15.3. The van der Waals surface area contributed by atoms with Crippen LogP contribution < -0.4 is 10.9 Å². The van der Waals surface area contributed by atoms with Crippen LogP contribution in [0, 0.1) is 6.92 Å². The average Bonchev–Trinajstić information content (AvgIpc) is 2.93. The number of fused-ring (bicyclic) bond motifs is 1. The first-order chi connectivity index (χ1) is 11.1. The Hall–Kier alpha value is -2.60. The Morgan fingerprint density at radius 3 is 2.87 bits per heavy atom. The molecule has 0 radical (unpaired) electrons. The second-order valence-electron chi connectivity index (χ2n) is 5.12. The van der Waals surface area contributed by atoms with Crippen molar-refractivity contribution < 1.29 is 13.9 Å². The molecule has 0 bridgehead atoms. The Kier molecular flexibility index (Phi) is 4.16. The first-order valence-electron chi connectivity index (χ1n) is 7.02. The molecule has 0 fully saturated rings. The van der Waals surface area contributed by atoms with Crippen LogP contribution in [0.3, 0.4) is 0 Å². The second kappa shape index (κ2) is 6.26. The number of anilines is 1.